The van der Waals surface area contributed by atoms with Crippen LogP contribution in [0.15, 0.2) is 144 Å². The molecule has 7 aromatic carbocycles. The normalized spacial score (nSPS) is 18.4. The molecule has 4 nitrogen and oxygen atoms in total. The molecule has 0 radical (unpaired) electrons. The Bertz CT molecular complexity index is 3580. The van der Waals surface area contributed by atoms with Gasteiger partial charge in [0.2, 0.25) is 0 Å². The fraction of sp³-hybridized carbons (Fsp3) is 0.127. The minimum Gasteiger partial charge on any atom is -0.456 e. The highest BCUT2D eigenvalue weighted by Gasteiger charge is 2.43. The summed E-state index contributed by atoms with van der Waals surface area (Å²) < 4.78 is 8.94. The molecule has 0 amide bonds. The van der Waals surface area contributed by atoms with Gasteiger partial charge in [0.15, 0.2) is 0 Å². The first-order chi connectivity index (χ1) is 29.2. The summed E-state index contributed by atoms with van der Waals surface area (Å²) >= 11 is 0. The number of rotatable bonds is 2. The second-order valence-corrected chi connectivity index (χ2v) is 17.0. The van der Waals surface area contributed by atoms with Gasteiger partial charge in [0, 0.05) is 38.4 Å². The van der Waals surface area contributed by atoms with E-state index in [0.29, 0.717) is 5.92 Å². The Morgan fingerprint density at radius 3 is 2.34 bits per heavy atom. The van der Waals surface area contributed by atoms with Gasteiger partial charge in [-0.1, -0.05) is 128 Å². The van der Waals surface area contributed by atoms with Gasteiger partial charge in [0.1, 0.15) is 23.0 Å². The van der Waals surface area contributed by atoms with E-state index in [2.05, 4.69) is 157 Å². The first kappa shape index (κ1) is 32.0. The van der Waals surface area contributed by atoms with Crippen molar-refractivity contribution in [2.24, 2.45) is 0 Å². The molecule has 3 unspecified atom stereocenters. The Morgan fingerprint density at radius 2 is 1.41 bits per heavy atom. The third-order valence-electron chi connectivity index (χ3n) is 14.1. The van der Waals surface area contributed by atoms with Gasteiger partial charge in [0.25, 0.3) is 0 Å². The summed E-state index contributed by atoms with van der Waals surface area (Å²) in [7, 11) is 0. The van der Waals surface area contributed by atoms with Crippen LogP contribution in [0.5, 0.6) is 0 Å². The molecular weight excluding hydrogens is 719 g/mol. The van der Waals surface area contributed by atoms with Crippen molar-refractivity contribution in [1.82, 2.24) is 14.5 Å². The third-order valence-corrected chi connectivity index (χ3v) is 14.1. The monoisotopic (exact) mass is 755 g/mol. The van der Waals surface area contributed by atoms with Crippen LogP contribution in [0.2, 0.25) is 0 Å². The van der Waals surface area contributed by atoms with E-state index in [4.69, 9.17) is 14.4 Å². The SMILES string of the molecule is CC1c2ccccc2-c2cccc3c2C1c1c-3c2c3c4c(ccc3n(-c3nc(C5CC=Cc6oc7ccccc7c65)nc5ccccc35)c2c2ccccc12)CCC=C4. The van der Waals surface area contributed by atoms with Gasteiger partial charge < -0.3 is 4.42 Å². The first-order valence-corrected chi connectivity index (χ1v) is 21.1. The summed E-state index contributed by atoms with van der Waals surface area (Å²) in [5.41, 5.74) is 18.1. The van der Waals surface area contributed by atoms with Crippen molar-refractivity contribution in [1.29, 1.82) is 0 Å². The van der Waals surface area contributed by atoms with E-state index in [1.165, 1.54) is 88.2 Å². The highest BCUT2D eigenvalue weighted by Crippen LogP contribution is 2.62. The predicted molar refractivity (Wildman–Crippen MR) is 242 cm³/mol. The Morgan fingerprint density at radius 1 is 0.627 bits per heavy atom. The lowest BCUT2D eigenvalue weighted by atomic mass is 9.71. The predicted octanol–water partition coefficient (Wildman–Crippen LogP) is 14.0. The van der Waals surface area contributed by atoms with Crippen molar-refractivity contribution in [2.45, 2.75) is 43.9 Å². The number of para-hydroxylation sites is 2. The van der Waals surface area contributed by atoms with Crippen LogP contribution in [0.4, 0.5) is 0 Å². The minimum absolute atomic E-state index is 0.0532. The van der Waals surface area contributed by atoms with Gasteiger partial charge in [-0.25, -0.2) is 9.97 Å². The van der Waals surface area contributed by atoms with E-state index in [1.807, 2.05) is 6.07 Å². The van der Waals surface area contributed by atoms with Crippen LogP contribution in [0.25, 0.3) is 94.7 Å². The first-order valence-electron chi connectivity index (χ1n) is 21.1. The third kappa shape index (κ3) is 4.08. The summed E-state index contributed by atoms with van der Waals surface area (Å²) in [6, 6.07) is 47.1. The summed E-state index contributed by atoms with van der Waals surface area (Å²) in [6.45, 7) is 2.45. The van der Waals surface area contributed by atoms with Crippen molar-refractivity contribution in [3.8, 4) is 28.1 Å². The maximum Gasteiger partial charge on any atom is 0.149 e. The molecule has 4 heteroatoms. The lowest BCUT2D eigenvalue weighted by molar-refractivity contribution is 0.586. The molecule has 3 atom stereocenters. The molecule has 0 N–H and O–H groups in total. The number of benzene rings is 7. The molecule has 0 spiro atoms. The molecule has 4 aliphatic rings. The number of fused-ring (bicyclic) bond motifs is 18. The lowest BCUT2D eigenvalue weighted by Gasteiger charge is -2.32. The van der Waals surface area contributed by atoms with Crippen molar-refractivity contribution < 1.29 is 4.42 Å². The quantitative estimate of drug-likeness (QED) is 0.176. The molecule has 0 saturated heterocycles. The van der Waals surface area contributed by atoms with Gasteiger partial charge in [-0.2, -0.15) is 0 Å². The Hall–Kier alpha value is -7.04. The van der Waals surface area contributed by atoms with E-state index in [0.717, 1.165) is 58.5 Å². The fourth-order valence-corrected chi connectivity index (χ4v) is 11.8. The number of aromatic nitrogens is 3. The zero-order valence-corrected chi connectivity index (χ0v) is 32.5. The number of hydrogen-bond acceptors (Lipinski definition) is 3. The van der Waals surface area contributed by atoms with Crippen molar-refractivity contribution in [3.05, 3.63) is 185 Å². The van der Waals surface area contributed by atoms with Crippen LogP contribution in [0.3, 0.4) is 0 Å². The molecule has 3 heterocycles. The molecule has 0 aliphatic heterocycles. The van der Waals surface area contributed by atoms with Crippen LogP contribution in [-0.2, 0) is 6.42 Å². The molecule has 0 saturated carbocycles. The second-order valence-electron chi connectivity index (χ2n) is 17.0. The number of allylic oxidation sites excluding steroid dienone is 2. The van der Waals surface area contributed by atoms with Crippen molar-refractivity contribution in [3.63, 3.8) is 0 Å². The van der Waals surface area contributed by atoms with Crippen LogP contribution in [0.1, 0.15) is 82.5 Å². The maximum absolute atomic E-state index is 6.42. The average molecular weight is 756 g/mol. The van der Waals surface area contributed by atoms with Gasteiger partial charge >= 0.3 is 0 Å². The smallest absolute Gasteiger partial charge is 0.149 e. The second kappa shape index (κ2) is 11.5. The van der Waals surface area contributed by atoms with E-state index >= 15 is 0 Å². The standard InChI is InChI=1S/C55H37N3O/c1-30-32-15-4-5-17-34(32)35-22-12-23-40-48(35)46(30)50-36-18-6-7-19-37(36)53-52(51(40)50)49-33-16-3-2-14-31(33)28-29-43(49)58(53)55-38-20-8-10-25-42(38)56-54(57-55)41-24-13-27-45-47(41)39-21-9-11-26-44(39)59-45/h3-13,15-23,25-30,41,46H,2,14,24H2,1H3. The maximum atomic E-state index is 6.42. The summed E-state index contributed by atoms with van der Waals surface area (Å²) in [5, 5.41) is 7.42. The Balaban J connectivity index is 1.16. The van der Waals surface area contributed by atoms with Gasteiger partial charge in [-0.3, -0.25) is 4.57 Å². The number of aryl methyl sites for hydroxylation is 1. The molecule has 14 rings (SSSR count). The molecule has 10 aromatic rings. The molecule has 4 aliphatic carbocycles. The van der Waals surface area contributed by atoms with Crippen LogP contribution in [0, 0.1) is 0 Å². The molecule has 0 fully saturated rings. The average Bonchev–Trinajstić information content (AvgIpc) is 3.97. The van der Waals surface area contributed by atoms with Crippen LogP contribution in [-0.4, -0.2) is 14.5 Å². The minimum atomic E-state index is -0.0532. The Kier molecular flexibility index (Phi) is 6.26. The zero-order valence-electron chi connectivity index (χ0n) is 32.5. The fourth-order valence-electron chi connectivity index (χ4n) is 11.8. The highest BCUT2D eigenvalue weighted by molar-refractivity contribution is 6.29. The van der Waals surface area contributed by atoms with Gasteiger partial charge in [0.05, 0.1) is 22.5 Å². The molecule has 59 heavy (non-hydrogen) atoms. The highest BCUT2D eigenvalue weighted by atomic mass is 16.3. The van der Waals surface area contributed by atoms with E-state index in [9.17, 15) is 0 Å². The molecule has 0 bridgehead atoms. The van der Waals surface area contributed by atoms with Crippen molar-refractivity contribution in [2.75, 3.05) is 0 Å². The van der Waals surface area contributed by atoms with E-state index in [-0.39, 0.29) is 11.8 Å². The molecule has 278 valence electrons. The van der Waals surface area contributed by atoms with E-state index in [1.54, 1.807) is 0 Å². The topological polar surface area (TPSA) is 43.9 Å². The van der Waals surface area contributed by atoms with Crippen LogP contribution >= 0.6 is 0 Å². The number of furan rings is 1. The van der Waals surface area contributed by atoms with Gasteiger partial charge in [-0.15, -0.1) is 0 Å². The summed E-state index contributed by atoms with van der Waals surface area (Å²) in [6.07, 6.45) is 12.0. The number of nitrogens with zero attached hydrogens (tertiary/aromatic N) is 3. The Labute approximate surface area is 340 Å². The molecular formula is C55H37N3O. The lowest BCUT2D eigenvalue weighted by Crippen LogP contribution is -2.14. The summed E-state index contributed by atoms with van der Waals surface area (Å²) in [4.78, 5) is 11.2. The van der Waals surface area contributed by atoms with Gasteiger partial charge in [-0.05, 0) is 111 Å². The largest absolute Gasteiger partial charge is 0.456 e. The summed E-state index contributed by atoms with van der Waals surface area (Å²) in [5.74, 6) is 3.17. The number of hydrogen-bond donors (Lipinski definition) is 0. The molecule has 3 aromatic heterocycles. The van der Waals surface area contributed by atoms with E-state index < -0.39 is 0 Å². The zero-order chi connectivity index (χ0) is 38.5. The van der Waals surface area contributed by atoms with Crippen LogP contribution < -0.4 is 0 Å². The van der Waals surface area contributed by atoms with Crippen molar-refractivity contribution >= 4 is 66.6 Å².